The van der Waals surface area contributed by atoms with E-state index in [1.165, 1.54) is 12.1 Å². The van der Waals surface area contributed by atoms with Gasteiger partial charge in [0.25, 0.3) is 0 Å². The highest BCUT2D eigenvalue weighted by molar-refractivity contribution is 6.37. The number of carbonyl (C=O) groups excluding carboxylic acids is 1. The quantitative estimate of drug-likeness (QED) is 0.796. The van der Waals surface area contributed by atoms with Crippen molar-refractivity contribution in [2.45, 2.75) is 6.92 Å². The molecule has 0 aromatic heterocycles. The number of phenolic OH excluding ortho intramolecular Hbond substituents is 1. The monoisotopic (exact) mass is 311 g/mol. The lowest BCUT2D eigenvalue weighted by Crippen LogP contribution is -2.16. The molecule has 0 atom stereocenters. The highest BCUT2D eigenvalue weighted by Gasteiger charge is 2.10. The second-order valence-electron chi connectivity index (χ2n) is 4.12. The van der Waals surface area contributed by atoms with Crippen molar-refractivity contribution in [3.8, 4) is 11.5 Å². The van der Waals surface area contributed by atoms with Crippen LogP contribution in [-0.4, -0.2) is 11.2 Å². The molecule has 0 heterocycles. The molecule has 2 aromatic rings. The molecule has 0 fully saturated rings. The molecule has 0 aliphatic rings. The number of halogens is 2. The standard InChI is InChI=1S/C14H11Cl2NO3/c1-8-2-4-10(5-3-8)20-14(19)17-9-6-11(15)13(18)12(16)7-9/h2-7,18H,1H3,(H,17,19). The first-order valence-electron chi connectivity index (χ1n) is 5.69. The second kappa shape index (κ2) is 6.03. The highest BCUT2D eigenvalue weighted by Crippen LogP contribution is 2.34. The lowest BCUT2D eigenvalue weighted by atomic mass is 10.2. The number of hydrogen-bond donors (Lipinski definition) is 2. The van der Waals surface area contributed by atoms with Crippen LogP contribution in [0.25, 0.3) is 0 Å². The van der Waals surface area contributed by atoms with Crippen LogP contribution in [0.1, 0.15) is 5.56 Å². The summed E-state index contributed by atoms with van der Waals surface area (Å²) in [6.07, 6.45) is -0.674. The Hall–Kier alpha value is -1.91. The van der Waals surface area contributed by atoms with Crippen molar-refractivity contribution in [1.82, 2.24) is 0 Å². The minimum absolute atomic E-state index is 0.0446. The van der Waals surface area contributed by atoms with E-state index in [-0.39, 0.29) is 15.8 Å². The lowest BCUT2D eigenvalue weighted by molar-refractivity contribution is 0.215. The molecule has 1 amide bonds. The maximum atomic E-state index is 11.7. The third-order valence-electron chi connectivity index (χ3n) is 2.49. The van der Waals surface area contributed by atoms with Gasteiger partial charge < -0.3 is 9.84 Å². The Bertz CT molecular complexity index is 618. The zero-order valence-corrected chi connectivity index (χ0v) is 12.0. The van der Waals surface area contributed by atoms with Crippen molar-refractivity contribution in [3.05, 3.63) is 52.0 Å². The Morgan fingerprint density at radius 1 is 1.15 bits per heavy atom. The molecule has 0 radical (unpaired) electrons. The molecule has 20 heavy (non-hydrogen) atoms. The maximum absolute atomic E-state index is 11.7. The van der Waals surface area contributed by atoms with Gasteiger partial charge in [0, 0.05) is 5.69 Å². The Morgan fingerprint density at radius 3 is 2.25 bits per heavy atom. The van der Waals surface area contributed by atoms with Crippen molar-refractivity contribution < 1.29 is 14.6 Å². The Kier molecular flexibility index (Phi) is 4.37. The van der Waals surface area contributed by atoms with Gasteiger partial charge in [-0.25, -0.2) is 4.79 Å². The third-order valence-corrected chi connectivity index (χ3v) is 3.07. The van der Waals surface area contributed by atoms with Gasteiger partial charge in [0.2, 0.25) is 0 Å². The van der Waals surface area contributed by atoms with Crippen LogP contribution in [0.5, 0.6) is 11.5 Å². The van der Waals surface area contributed by atoms with Gasteiger partial charge in [-0.2, -0.15) is 0 Å². The molecule has 2 N–H and O–H groups in total. The van der Waals surface area contributed by atoms with E-state index in [1.54, 1.807) is 12.1 Å². The minimum atomic E-state index is -0.674. The van der Waals surface area contributed by atoms with Crippen LogP contribution in [0.4, 0.5) is 10.5 Å². The van der Waals surface area contributed by atoms with E-state index in [1.807, 2.05) is 19.1 Å². The number of ether oxygens (including phenoxy) is 1. The molecule has 2 rings (SSSR count). The fraction of sp³-hybridized carbons (Fsp3) is 0.0714. The molecule has 104 valence electrons. The number of anilines is 1. The van der Waals surface area contributed by atoms with Crippen LogP contribution in [0, 0.1) is 6.92 Å². The smallest absolute Gasteiger partial charge is 0.417 e. The number of aromatic hydroxyl groups is 1. The molecule has 6 heteroatoms. The van der Waals surface area contributed by atoms with Gasteiger partial charge in [-0.05, 0) is 31.2 Å². The van der Waals surface area contributed by atoms with Gasteiger partial charge in [0.1, 0.15) is 5.75 Å². The fourth-order valence-corrected chi connectivity index (χ4v) is 1.98. The van der Waals surface area contributed by atoms with Gasteiger partial charge in [0.05, 0.1) is 10.0 Å². The van der Waals surface area contributed by atoms with E-state index in [9.17, 15) is 9.90 Å². The van der Waals surface area contributed by atoms with Crippen LogP contribution in [0.15, 0.2) is 36.4 Å². The van der Waals surface area contributed by atoms with Crippen molar-refractivity contribution in [3.63, 3.8) is 0 Å². The normalized spacial score (nSPS) is 10.2. The van der Waals surface area contributed by atoms with Crippen molar-refractivity contribution in [1.29, 1.82) is 0 Å². The van der Waals surface area contributed by atoms with Crippen molar-refractivity contribution >= 4 is 35.0 Å². The van der Waals surface area contributed by atoms with Crippen LogP contribution < -0.4 is 10.1 Å². The summed E-state index contributed by atoms with van der Waals surface area (Å²) in [5.41, 5.74) is 1.39. The number of phenols is 1. The van der Waals surface area contributed by atoms with Crippen molar-refractivity contribution in [2.75, 3.05) is 5.32 Å². The SMILES string of the molecule is Cc1ccc(OC(=O)Nc2cc(Cl)c(O)c(Cl)c2)cc1. The van der Waals surface area contributed by atoms with Crippen LogP contribution in [0.2, 0.25) is 10.0 Å². The third kappa shape index (κ3) is 3.56. The highest BCUT2D eigenvalue weighted by atomic mass is 35.5. The van der Waals surface area contributed by atoms with E-state index in [0.717, 1.165) is 5.56 Å². The largest absolute Gasteiger partial charge is 0.505 e. The molecule has 0 spiro atoms. The molecular weight excluding hydrogens is 301 g/mol. The van der Waals surface area contributed by atoms with Crippen LogP contribution in [-0.2, 0) is 0 Å². The van der Waals surface area contributed by atoms with Crippen LogP contribution in [0.3, 0.4) is 0 Å². The number of hydrogen-bond acceptors (Lipinski definition) is 3. The summed E-state index contributed by atoms with van der Waals surface area (Å²) < 4.78 is 5.08. The summed E-state index contributed by atoms with van der Waals surface area (Å²) in [5, 5.41) is 12.0. The first-order valence-corrected chi connectivity index (χ1v) is 6.45. The molecule has 0 aliphatic carbocycles. The molecule has 0 saturated carbocycles. The average molecular weight is 312 g/mol. The van der Waals surface area contributed by atoms with E-state index in [0.29, 0.717) is 11.4 Å². The molecule has 2 aromatic carbocycles. The summed E-state index contributed by atoms with van der Waals surface area (Å²) in [7, 11) is 0. The molecule has 0 bridgehead atoms. The molecule has 0 unspecified atom stereocenters. The summed E-state index contributed by atoms with van der Waals surface area (Å²) >= 11 is 11.5. The average Bonchev–Trinajstić information content (AvgIpc) is 2.38. The minimum Gasteiger partial charge on any atom is -0.505 e. The topological polar surface area (TPSA) is 58.6 Å². The summed E-state index contributed by atoms with van der Waals surface area (Å²) in [6, 6.07) is 9.78. The molecular formula is C14H11Cl2NO3. The number of nitrogens with one attached hydrogen (secondary N) is 1. The zero-order valence-electron chi connectivity index (χ0n) is 10.5. The predicted molar refractivity (Wildman–Crippen MR) is 79.0 cm³/mol. The number of rotatable bonds is 2. The number of benzene rings is 2. The van der Waals surface area contributed by atoms with E-state index < -0.39 is 6.09 Å². The predicted octanol–water partition coefficient (Wildman–Crippen LogP) is 4.62. The van der Waals surface area contributed by atoms with E-state index in [4.69, 9.17) is 27.9 Å². The van der Waals surface area contributed by atoms with Gasteiger partial charge in [-0.1, -0.05) is 40.9 Å². The molecule has 0 aliphatic heterocycles. The van der Waals surface area contributed by atoms with E-state index >= 15 is 0 Å². The first-order chi connectivity index (χ1) is 9.45. The Morgan fingerprint density at radius 2 is 1.70 bits per heavy atom. The maximum Gasteiger partial charge on any atom is 0.417 e. The Labute approximate surface area is 125 Å². The van der Waals surface area contributed by atoms with Gasteiger partial charge in [0.15, 0.2) is 5.75 Å². The van der Waals surface area contributed by atoms with Gasteiger partial charge in [-0.15, -0.1) is 0 Å². The van der Waals surface area contributed by atoms with Gasteiger partial charge >= 0.3 is 6.09 Å². The number of carbonyl (C=O) groups is 1. The zero-order chi connectivity index (χ0) is 14.7. The molecule has 4 nitrogen and oxygen atoms in total. The first kappa shape index (κ1) is 14.5. The summed E-state index contributed by atoms with van der Waals surface area (Å²) in [4.78, 5) is 11.7. The van der Waals surface area contributed by atoms with Crippen molar-refractivity contribution in [2.24, 2.45) is 0 Å². The molecule has 0 saturated heterocycles. The number of aryl methyl sites for hydroxylation is 1. The Balaban J connectivity index is 2.06. The van der Waals surface area contributed by atoms with E-state index in [2.05, 4.69) is 5.32 Å². The fourth-order valence-electron chi connectivity index (χ4n) is 1.49. The summed E-state index contributed by atoms with van der Waals surface area (Å²) in [5.74, 6) is 0.190. The number of amides is 1. The lowest BCUT2D eigenvalue weighted by Gasteiger charge is -2.08. The van der Waals surface area contributed by atoms with Gasteiger partial charge in [-0.3, -0.25) is 5.32 Å². The second-order valence-corrected chi connectivity index (χ2v) is 4.93. The summed E-state index contributed by atoms with van der Waals surface area (Å²) in [6.45, 7) is 1.93. The van der Waals surface area contributed by atoms with Crippen LogP contribution >= 0.6 is 23.2 Å².